The first kappa shape index (κ1) is 15.9. The Labute approximate surface area is 117 Å². The molecule has 0 aromatic heterocycles. The zero-order valence-corrected chi connectivity index (χ0v) is 13.9. The summed E-state index contributed by atoms with van der Waals surface area (Å²) in [5, 5.41) is 9.09. The van der Waals surface area contributed by atoms with Gasteiger partial charge >= 0.3 is 5.97 Å². The Hall–Kier alpha value is -1.13. The van der Waals surface area contributed by atoms with Gasteiger partial charge in [0.15, 0.2) is 9.76 Å². The van der Waals surface area contributed by atoms with Crippen molar-refractivity contribution in [1.29, 1.82) is 0 Å². The van der Waals surface area contributed by atoms with Gasteiger partial charge in [0.1, 0.15) is 0 Å². The summed E-state index contributed by atoms with van der Waals surface area (Å²) in [6.07, 6.45) is 0.0562. The Bertz CT molecular complexity index is 447. The van der Waals surface area contributed by atoms with Gasteiger partial charge in [-0.2, -0.15) is 0 Å². The normalized spacial score (nSPS) is 13.1. The minimum absolute atomic E-state index is 0.0562. The third kappa shape index (κ3) is 5.57. The van der Waals surface area contributed by atoms with Crippen molar-refractivity contribution in [3.8, 4) is 0 Å². The van der Waals surface area contributed by atoms with Crippen LogP contribution in [0.2, 0.25) is 5.04 Å². The molecule has 0 aliphatic rings. The summed E-state index contributed by atoms with van der Waals surface area (Å²) in [5.74, 6) is -0.806. The summed E-state index contributed by atoms with van der Waals surface area (Å²) < 4.78 is 6.13. The van der Waals surface area contributed by atoms with E-state index in [1.54, 1.807) is 0 Å². The van der Waals surface area contributed by atoms with E-state index in [0.29, 0.717) is 0 Å². The molecule has 1 aromatic rings. The molecule has 0 atom stereocenters. The maximum atomic E-state index is 10.8. The molecule has 4 heteroatoms. The highest BCUT2D eigenvalue weighted by atomic mass is 28.2. The molecule has 0 spiro atoms. The van der Waals surface area contributed by atoms with Crippen LogP contribution in [0.3, 0.4) is 0 Å². The predicted molar refractivity (Wildman–Crippen MR) is 80.2 cm³/mol. The second-order valence-corrected chi connectivity index (χ2v) is 9.33. The predicted octanol–water partition coefficient (Wildman–Crippen LogP) is 2.87. The van der Waals surface area contributed by atoms with Gasteiger partial charge < -0.3 is 9.53 Å². The molecule has 0 aliphatic carbocycles. The van der Waals surface area contributed by atoms with E-state index < -0.39 is 15.7 Å². The van der Waals surface area contributed by atoms with Crippen molar-refractivity contribution in [3.63, 3.8) is 0 Å². The molecule has 0 bridgehead atoms. The quantitative estimate of drug-likeness (QED) is 0.844. The van der Waals surface area contributed by atoms with Crippen molar-refractivity contribution in [1.82, 2.24) is 0 Å². The van der Waals surface area contributed by atoms with E-state index in [1.807, 2.05) is 38.1 Å². The fourth-order valence-electron chi connectivity index (χ4n) is 1.71. The summed E-state index contributed by atoms with van der Waals surface area (Å²) in [6.45, 7) is 10.7. The maximum absolute atomic E-state index is 10.8. The molecule has 0 heterocycles. The van der Waals surface area contributed by atoms with Crippen LogP contribution in [0.5, 0.6) is 0 Å². The van der Waals surface area contributed by atoms with Crippen LogP contribution in [0.4, 0.5) is 0 Å². The third-order valence-corrected chi connectivity index (χ3v) is 4.58. The molecule has 0 saturated carbocycles. The maximum Gasteiger partial charge on any atom is 0.307 e. The summed E-state index contributed by atoms with van der Waals surface area (Å²) >= 11 is 0. The van der Waals surface area contributed by atoms with Crippen molar-refractivity contribution >= 4 is 15.7 Å². The molecule has 19 heavy (non-hydrogen) atoms. The first-order valence-corrected chi connectivity index (χ1v) is 7.84. The number of carboxylic acids is 1. The van der Waals surface area contributed by atoms with Crippen LogP contribution >= 0.6 is 0 Å². The van der Waals surface area contributed by atoms with E-state index in [2.05, 4.69) is 20.8 Å². The van der Waals surface area contributed by atoms with Gasteiger partial charge in [0.2, 0.25) is 0 Å². The molecular formula is C15H24O3Si. The van der Waals surface area contributed by atoms with E-state index in [1.165, 1.54) is 0 Å². The number of rotatable bonds is 5. The lowest BCUT2D eigenvalue weighted by Gasteiger charge is -2.30. The molecule has 0 saturated heterocycles. The Balaban J connectivity index is 2.85. The molecule has 1 aromatic carbocycles. The van der Waals surface area contributed by atoms with E-state index >= 15 is 0 Å². The molecule has 0 unspecified atom stereocenters. The van der Waals surface area contributed by atoms with Gasteiger partial charge in [0.25, 0.3) is 0 Å². The van der Waals surface area contributed by atoms with Gasteiger partial charge in [0.05, 0.1) is 12.0 Å². The number of hydrogen-bond donors (Lipinski definition) is 1. The molecule has 0 radical (unpaired) electrons. The van der Waals surface area contributed by atoms with Crippen molar-refractivity contribution < 1.29 is 14.3 Å². The fourth-order valence-corrected chi connectivity index (χ4v) is 2.67. The number of carboxylic acid groups (broad SMARTS) is 1. The molecule has 0 amide bonds. The largest absolute Gasteiger partial charge is 0.481 e. The monoisotopic (exact) mass is 280 g/mol. The topological polar surface area (TPSA) is 46.5 Å². The Morgan fingerprint density at radius 3 is 2.42 bits per heavy atom. The van der Waals surface area contributed by atoms with Crippen LogP contribution in [0, 0.1) is 0 Å². The molecule has 0 fully saturated rings. The zero-order chi connectivity index (χ0) is 14.7. The van der Waals surface area contributed by atoms with Crippen molar-refractivity contribution in [2.45, 2.75) is 51.7 Å². The lowest BCUT2D eigenvalue weighted by Crippen LogP contribution is -2.27. The summed E-state index contributed by atoms with van der Waals surface area (Å²) in [6, 6.07) is 7.68. The van der Waals surface area contributed by atoms with Crippen LogP contribution in [-0.4, -0.2) is 20.8 Å². The molecule has 1 rings (SSSR count). The van der Waals surface area contributed by atoms with Crippen LogP contribution in [0.25, 0.3) is 0 Å². The van der Waals surface area contributed by atoms with Crippen LogP contribution in [-0.2, 0) is 21.2 Å². The average Bonchev–Trinajstić information content (AvgIpc) is 2.25. The van der Waals surface area contributed by atoms with Crippen molar-refractivity contribution in [3.05, 3.63) is 35.4 Å². The van der Waals surface area contributed by atoms with Gasteiger partial charge in [-0.25, -0.2) is 0 Å². The molecule has 3 nitrogen and oxygen atoms in total. The number of benzene rings is 1. The van der Waals surface area contributed by atoms with E-state index in [-0.39, 0.29) is 17.1 Å². The SMILES string of the molecule is CC(C)(C)[SiH2]OC(C)(C)c1cccc(CC(=O)O)c1. The Kier molecular flexibility index (Phi) is 4.93. The van der Waals surface area contributed by atoms with E-state index in [9.17, 15) is 4.79 Å². The van der Waals surface area contributed by atoms with Gasteiger partial charge in [-0.05, 0) is 30.0 Å². The van der Waals surface area contributed by atoms with E-state index in [4.69, 9.17) is 9.53 Å². The summed E-state index contributed by atoms with van der Waals surface area (Å²) in [5.41, 5.74) is 1.51. The highest BCUT2D eigenvalue weighted by molar-refractivity contribution is 6.31. The lowest BCUT2D eigenvalue weighted by atomic mass is 9.96. The van der Waals surface area contributed by atoms with Gasteiger partial charge in [0, 0.05) is 0 Å². The van der Waals surface area contributed by atoms with Gasteiger partial charge in [-0.1, -0.05) is 45.0 Å². The molecular weight excluding hydrogens is 256 g/mol. The molecule has 106 valence electrons. The fraction of sp³-hybridized carbons (Fsp3) is 0.533. The minimum atomic E-state index is -0.806. The van der Waals surface area contributed by atoms with Crippen LogP contribution in [0.15, 0.2) is 24.3 Å². The van der Waals surface area contributed by atoms with Gasteiger partial charge in [-0.3, -0.25) is 4.79 Å². The summed E-state index contributed by atoms with van der Waals surface area (Å²) in [7, 11) is -0.649. The van der Waals surface area contributed by atoms with Gasteiger partial charge in [-0.15, -0.1) is 0 Å². The van der Waals surface area contributed by atoms with E-state index in [0.717, 1.165) is 11.1 Å². The van der Waals surface area contributed by atoms with Crippen molar-refractivity contribution in [2.24, 2.45) is 0 Å². The van der Waals surface area contributed by atoms with Crippen LogP contribution < -0.4 is 0 Å². The molecule has 0 aliphatic heterocycles. The first-order valence-electron chi connectivity index (χ1n) is 6.55. The lowest BCUT2D eigenvalue weighted by molar-refractivity contribution is -0.136. The highest BCUT2D eigenvalue weighted by Crippen LogP contribution is 2.29. The standard InChI is InChI=1S/C15H24O3Si/c1-14(2,3)19-18-15(4,5)12-8-6-7-11(9-12)10-13(16)17/h6-9H,10,19H2,1-5H3,(H,16,17). The number of hydrogen-bond acceptors (Lipinski definition) is 2. The Morgan fingerprint density at radius 2 is 1.89 bits per heavy atom. The smallest absolute Gasteiger partial charge is 0.307 e. The van der Waals surface area contributed by atoms with Crippen molar-refractivity contribution in [2.75, 3.05) is 0 Å². The number of aliphatic carboxylic acids is 1. The highest BCUT2D eigenvalue weighted by Gasteiger charge is 2.24. The second-order valence-electron chi connectivity index (χ2n) is 6.63. The Morgan fingerprint density at radius 1 is 1.26 bits per heavy atom. The number of carbonyl (C=O) groups is 1. The second kappa shape index (κ2) is 5.88. The summed E-state index contributed by atoms with van der Waals surface area (Å²) in [4.78, 5) is 10.8. The first-order chi connectivity index (χ1) is 8.60. The minimum Gasteiger partial charge on any atom is -0.481 e. The average molecular weight is 280 g/mol. The molecule has 1 N–H and O–H groups in total. The third-order valence-electron chi connectivity index (χ3n) is 2.84. The van der Waals surface area contributed by atoms with Crippen LogP contribution in [0.1, 0.15) is 45.7 Å². The zero-order valence-electron chi connectivity index (χ0n) is 12.5.